The summed E-state index contributed by atoms with van der Waals surface area (Å²) in [5, 5.41) is 4.04. The predicted octanol–water partition coefficient (Wildman–Crippen LogP) is 2.19. The molecule has 0 radical (unpaired) electrons. The fourth-order valence-electron chi connectivity index (χ4n) is 2.29. The average Bonchev–Trinajstić information content (AvgIpc) is 2.99. The second kappa shape index (κ2) is 5.34. The molecule has 0 aromatic heterocycles. The van der Waals surface area contributed by atoms with E-state index in [9.17, 15) is 0 Å². The van der Waals surface area contributed by atoms with Crippen LogP contribution in [0.25, 0.3) is 0 Å². The van der Waals surface area contributed by atoms with Crippen LogP contribution in [0.15, 0.2) is 12.1 Å². The number of hydrogen-bond donors (Lipinski definition) is 1. The maximum absolute atomic E-state index is 6.13. The summed E-state index contributed by atoms with van der Waals surface area (Å²) < 4.78 is 16.0. The number of rotatable bonds is 4. The number of nitrogens with one attached hydrogen (secondary N) is 1. The minimum atomic E-state index is 0.255. The third-order valence-corrected chi connectivity index (χ3v) is 3.55. The van der Waals surface area contributed by atoms with E-state index in [-0.39, 0.29) is 6.79 Å². The third-order valence-electron chi connectivity index (χ3n) is 3.27. The fourth-order valence-corrected chi connectivity index (χ4v) is 2.58. The molecule has 2 aliphatic rings. The van der Waals surface area contributed by atoms with E-state index in [0.717, 1.165) is 44.0 Å². The molecule has 1 atom stereocenters. The lowest BCUT2D eigenvalue weighted by Crippen LogP contribution is -2.22. The molecule has 0 saturated carbocycles. The molecule has 1 aromatic rings. The van der Waals surface area contributed by atoms with E-state index in [1.807, 2.05) is 12.1 Å². The minimum absolute atomic E-state index is 0.255. The van der Waals surface area contributed by atoms with Crippen LogP contribution in [0, 0.1) is 5.92 Å². The number of halogens is 1. The molecule has 1 unspecified atom stereocenters. The van der Waals surface area contributed by atoms with Gasteiger partial charge >= 0.3 is 0 Å². The summed E-state index contributed by atoms with van der Waals surface area (Å²) in [5.41, 5.74) is 1.11. The number of hydrogen-bond acceptors (Lipinski definition) is 4. The van der Waals surface area contributed by atoms with Gasteiger partial charge in [0.25, 0.3) is 0 Å². The molecule has 1 N–H and O–H groups in total. The Morgan fingerprint density at radius 2 is 2.28 bits per heavy atom. The highest BCUT2D eigenvalue weighted by molar-refractivity contribution is 6.32. The van der Waals surface area contributed by atoms with Crippen molar-refractivity contribution in [3.8, 4) is 11.5 Å². The summed E-state index contributed by atoms with van der Waals surface area (Å²) in [6.45, 7) is 3.78. The Hall–Kier alpha value is -0.970. The standard InChI is InChI=1S/C13H16ClNO3/c14-11-3-10(4-12-13(11)18-8-17-12)6-15-5-9-1-2-16-7-9/h3-4,9,15H,1-2,5-8H2. The maximum Gasteiger partial charge on any atom is 0.231 e. The number of ether oxygens (including phenoxy) is 3. The van der Waals surface area contributed by atoms with Crippen LogP contribution >= 0.6 is 11.6 Å². The Balaban J connectivity index is 1.57. The Bertz CT molecular complexity index is 432. The highest BCUT2D eigenvalue weighted by Crippen LogP contribution is 2.39. The van der Waals surface area contributed by atoms with Gasteiger partial charge in [0.2, 0.25) is 6.79 Å². The summed E-state index contributed by atoms with van der Waals surface area (Å²) in [6, 6.07) is 3.90. The number of fused-ring (bicyclic) bond motifs is 1. The summed E-state index contributed by atoms with van der Waals surface area (Å²) in [7, 11) is 0. The SMILES string of the molecule is Clc1cc(CNCC2CCOC2)cc2c1OCO2. The van der Waals surface area contributed by atoms with Crippen molar-refractivity contribution in [1.29, 1.82) is 0 Å². The number of benzene rings is 1. The molecule has 1 fully saturated rings. The van der Waals surface area contributed by atoms with Crippen LogP contribution in [0.5, 0.6) is 11.5 Å². The Morgan fingerprint density at radius 3 is 3.11 bits per heavy atom. The molecule has 3 rings (SSSR count). The molecule has 98 valence electrons. The Kier molecular flexibility index (Phi) is 3.59. The van der Waals surface area contributed by atoms with Crippen LogP contribution in [0.3, 0.4) is 0 Å². The van der Waals surface area contributed by atoms with Gasteiger partial charge in [-0.15, -0.1) is 0 Å². The largest absolute Gasteiger partial charge is 0.454 e. The van der Waals surface area contributed by atoms with Gasteiger partial charge in [-0.25, -0.2) is 0 Å². The van der Waals surface area contributed by atoms with E-state index in [4.69, 9.17) is 25.8 Å². The molecule has 0 amide bonds. The molecular weight excluding hydrogens is 254 g/mol. The Labute approximate surface area is 111 Å². The van der Waals surface area contributed by atoms with Gasteiger partial charge < -0.3 is 19.5 Å². The van der Waals surface area contributed by atoms with Gasteiger partial charge in [0.05, 0.1) is 11.6 Å². The van der Waals surface area contributed by atoms with Crippen molar-refractivity contribution in [3.63, 3.8) is 0 Å². The van der Waals surface area contributed by atoms with Crippen LogP contribution in [0.4, 0.5) is 0 Å². The molecule has 0 bridgehead atoms. The highest BCUT2D eigenvalue weighted by atomic mass is 35.5. The molecule has 0 spiro atoms. The zero-order chi connectivity index (χ0) is 12.4. The van der Waals surface area contributed by atoms with Crippen LogP contribution in [-0.4, -0.2) is 26.6 Å². The topological polar surface area (TPSA) is 39.7 Å². The van der Waals surface area contributed by atoms with Gasteiger partial charge in [-0.1, -0.05) is 11.6 Å². The van der Waals surface area contributed by atoms with Gasteiger partial charge in [0, 0.05) is 19.7 Å². The van der Waals surface area contributed by atoms with Gasteiger partial charge in [0.15, 0.2) is 11.5 Å². The second-order valence-corrected chi connectivity index (χ2v) is 5.08. The quantitative estimate of drug-likeness (QED) is 0.910. The van der Waals surface area contributed by atoms with E-state index in [1.165, 1.54) is 0 Å². The molecule has 2 heterocycles. The van der Waals surface area contributed by atoms with Crippen molar-refractivity contribution < 1.29 is 14.2 Å². The first-order valence-electron chi connectivity index (χ1n) is 6.19. The fraction of sp³-hybridized carbons (Fsp3) is 0.538. The molecule has 18 heavy (non-hydrogen) atoms. The van der Waals surface area contributed by atoms with Gasteiger partial charge in [-0.05, 0) is 30.0 Å². The zero-order valence-corrected chi connectivity index (χ0v) is 10.8. The minimum Gasteiger partial charge on any atom is -0.454 e. The van der Waals surface area contributed by atoms with Gasteiger partial charge in [-0.2, -0.15) is 0 Å². The van der Waals surface area contributed by atoms with Gasteiger partial charge in [-0.3, -0.25) is 0 Å². The van der Waals surface area contributed by atoms with Crippen LogP contribution in [-0.2, 0) is 11.3 Å². The molecular formula is C13H16ClNO3. The van der Waals surface area contributed by atoms with E-state index >= 15 is 0 Å². The summed E-state index contributed by atoms with van der Waals surface area (Å²) in [6.07, 6.45) is 1.15. The molecule has 5 heteroatoms. The molecule has 4 nitrogen and oxygen atoms in total. The molecule has 1 aromatic carbocycles. The van der Waals surface area contributed by atoms with Crippen molar-refractivity contribution in [2.24, 2.45) is 5.92 Å². The monoisotopic (exact) mass is 269 g/mol. The first kappa shape index (κ1) is 12.1. The summed E-state index contributed by atoms with van der Waals surface area (Å²) in [4.78, 5) is 0. The van der Waals surface area contributed by atoms with E-state index in [2.05, 4.69) is 5.32 Å². The normalized spacial score (nSPS) is 21.5. The van der Waals surface area contributed by atoms with Crippen LogP contribution in [0.1, 0.15) is 12.0 Å². The van der Waals surface area contributed by atoms with Crippen LogP contribution in [0.2, 0.25) is 5.02 Å². The van der Waals surface area contributed by atoms with Crippen molar-refractivity contribution in [3.05, 3.63) is 22.7 Å². The lowest BCUT2D eigenvalue weighted by atomic mass is 10.1. The second-order valence-electron chi connectivity index (χ2n) is 4.67. The first-order chi connectivity index (χ1) is 8.83. The lowest BCUT2D eigenvalue weighted by molar-refractivity contribution is 0.174. The predicted molar refractivity (Wildman–Crippen MR) is 68.2 cm³/mol. The third kappa shape index (κ3) is 2.55. The summed E-state index contributed by atoms with van der Waals surface area (Å²) in [5.74, 6) is 2.03. The zero-order valence-electron chi connectivity index (χ0n) is 10.1. The molecule has 0 aliphatic carbocycles. The van der Waals surface area contributed by atoms with E-state index in [0.29, 0.717) is 16.7 Å². The average molecular weight is 270 g/mol. The van der Waals surface area contributed by atoms with Crippen molar-refractivity contribution in [2.45, 2.75) is 13.0 Å². The van der Waals surface area contributed by atoms with E-state index < -0.39 is 0 Å². The smallest absolute Gasteiger partial charge is 0.231 e. The van der Waals surface area contributed by atoms with Gasteiger partial charge in [0.1, 0.15) is 0 Å². The van der Waals surface area contributed by atoms with Crippen molar-refractivity contribution in [1.82, 2.24) is 5.32 Å². The lowest BCUT2D eigenvalue weighted by Gasteiger charge is -2.10. The summed E-state index contributed by atoms with van der Waals surface area (Å²) >= 11 is 6.13. The maximum atomic E-state index is 6.13. The van der Waals surface area contributed by atoms with Crippen molar-refractivity contribution >= 4 is 11.6 Å². The Morgan fingerprint density at radius 1 is 1.33 bits per heavy atom. The highest BCUT2D eigenvalue weighted by Gasteiger charge is 2.18. The first-order valence-corrected chi connectivity index (χ1v) is 6.57. The molecule has 1 saturated heterocycles. The van der Waals surface area contributed by atoms with Crippen LogP contribution < -0.4 is 14.8 Å². The van der Waals surface area contributed by atoms with Crippen molar-refractivity contribution in [2.75, 3.05) is 26.6 Å². The molecule has 2 aliphatic heterocycles. The van der Waals surface area contributed by atoms with E-state index in [1.54, 1.807) is 0 Å².